The molecule has 1 heterocycles. The average molecular weight is 281 g/mol. The predicted molar refractivity (Wildman–Crippen MR) is 85.3 cm³/mol. The first-order valence-corrected chi connectivity index (χ1v) is 8.17. The Balaban J connectivity index is 1.43. The minimum absolute atomic E-state index is 0.613. The third-order valence-electron chi connectivity index (χ3n) is 5.42. The highest BCUT2D eigenvalue weighted by atomic mass is 15.3. The molecule has 0 amide bonds. The van der Waals surface area contributed by atoms with Crippen molar-refractivity contribution in [3.63, 3.8) is 0 Å². The summed E-state index contributed by atoms with van der Waals surface area (Å²) in [5.74, 6) is 0. The molecule has 0 bridgehead atoms. The van der Waals surface area contributed by atoms with Crippen LogP contribution in [-0.4, -0.2) is 15.8 Å². The maximum absolute atomic E-state index is 4.50. The lowest BCUT2D eigenvalue weighted by molar-refractivity contribution is 0.129. The van der Waals surface area contributed by atoms with Crippen molar-refractivity contribution < 1.29 is 0 Å². The van der Waals surface area contributed by atoms with Crippen molar-refractivity contribution in [2.24, 2.45) is 5.41 Å². The molecule has 110 valence electrons. The molecule has 21 heavy (non-hydrogen) atoms. The molecule has 2 aliphatic carbocycles. The molecule has 1 aromatic carbocycles. The van der Waals surface area contributed by atoms with E-state index in [9.17, 15) is 0 Å². The summed E-state index contributed by atoms with van der Waals surface area (Å²) in [5, 5.41) is 8.26. The first-order chi connectivity index (χ1) is 10.3. The van der Waals surface area contributed by atoms with Crippen molar-refractivity contribution in [3.8, 4) is 0 Å². The van der Waals surface area contributed by atoms with Gasteiger partial charge in [-0.25, -0.2) is 0 Å². The first kappa shape index (κ1) is 12.9. The maximum Gasteiger partial charge on any atom is 0.0728 e. The second-order valence-corrected chi connectivity index (χ2v) is 6.72. The average Bonchev–Trinajstić information content (AvgIpc) is 3.07. The van der Waals surface area contributed by atoms with Crippen LogP contribution in [0.2, 0.25) is 0 Å². The lowest BCUT2D eigenvalue weighted by atomic mass is 9.65. The van der Waals surface area contributed by atoms with Gasteiger partial charge in [0.2, 0.25) is 0 Å². The Kier molecular flexibility index (Phi) is 3.21. The van der Waals surface area contributed by atoms with Gasteiger partial charge in [0.1, 0.15) is 0 Å². The lowest BCUT2D eigenvalue weighted by Gasteiger charge is -2.44. The fourth-order valence-electron chi connectivity index (χ4n) is 4.09. The third kappa shape index (κ3) is 2.45. The van der Waals surface area contributed by atoms with Crippen LogP contribution in [0.5, 0.6) is 0 Å². The smallest absolute Gasteiger partial charge is 0.0728 e. The Labute approximate surface area is 126 Å². The van der Waals surface area contributed by atoms with Crippen molar-refractivity contribution in [1.82, 2.24) is 9.78 Å². The molecule has 4 rings (SSSR count). The van der Waals surface area contributed by atoms with E-state index in [1.807, 2.05) is 10.9 Å². The van der Waals surface area contributed by atoms with Crippen molar-refractivity contribution in [2.45, 2.75) is 51.1 Å². The number of nitrogens with one attached hydrogen (secondary N) is 1. The molecule has 1 N–H and O–H groups in total. The highest BCUT2D eigenvalue weighted by molar-refractivity contribution is 5.41. The zero-order valence-electron chi connectivity index (χ0n) is 12.5. The monoisotopic (exact) mass is 281 g/mol. The van der Waals surface area contributed by atoms with Crippen LogP contribution in [0.25, 0.3) is 0 Å². The van der Waals surface area contributed by atoms with E-state index in [0.29, 0.717) is 11.5 Å². The van der Waals surface area contributed by atoms with E-state index < -0.39 is 0 Å². The van der Waals surface area contributed by atoms with Gasteiger partial charge < -0.3 is 5.32 Å². The number of nitrogens with zero attached hydrogens (tertiary/aromatic N) is 2. The van der Waals surface area contributed by atoms with Crippen molar-refractivity contribution in [2.75, 3.05) is 5.32 Å². The lowest BCUT2D eigenvalue weighted by Crippen LogP contribution is -2.41. The molecule has 0 aliphatic heterocycles. The van der Waals surface area contributed by atoms with Gasteiger partial charge in [0.25, 0.3) is 0 Å². The van der Waals surface area contributed by atoms with Gasteiger partial charge in [-0.3, -0.25) is 4.68 Å². The first-order valence-electron chi connectivity index (χ1n) is 8.17. The molecule has 1 aromatic heterocycles. The fraction of sp³-hybridized carbons (Fsp3) is 0.500. The van der Waals surface area contributed by atoms with Crippen LogP contribution < -0.4 is 5.32 Å². The Morgan fingerprint density at radius 1 is 1.14 bits per heavy atom. The van der Waals surface area contributed by atoms with E-state index in [4.69, 9.17) is 0 Å². The van der Waals surface area contributed by atoms with Crippen LogP contribution in [0, 0.1) is 5.41 Å². The van der Waals surface area contributed by atoms with Gasteiger partial charge in [-0.2, -0.15) is 5.10 Å². The number of rotatable bonds is 4. The second kappa shape index (κ2) is 5.21. The molecule has 1 unspecified atom stereocenters. The fourth-order valence-corrected chi connectivity index (χ4v) is 4.09. The zero-order chi connectivity index (χ0) is 14.1. The number of hydrogen-bond donors (Lipinski definition) is 1. The van der Waals surface area contributed by atoms with Gasteiger partial charge in [0.05, 0.1) is 18.4 Å². The van der Waals surface area contributed by atoms with Crippen LogP contribution in [0.1, 0.15) is 44.1 Å². The van der Waals surface area contributed by atoms with Gasteiger partial charge in [-0.1, -0.05) is 43.2 Å². The molecular formula is C18H23N3. The Morgan fingerprint density at radius 2 is 1.95 bits per heavy atom. The molecule has 1 spiro atoms. The van der Waals surface area contributed by atoms with Gasteiger partial charge >= 0.3 is 0 Å². The van der Waals surface area contributed by atoms with Gasteiger partial charge in [0.15, 0.2) is 0 Å². The molecule has 2 aliphatic rings. The molecule has 0 saturated heterocycles. The molecule has 3 heteroatoms. The highest BCUT2D eigenvalue weighted by Gasteiger charge is 2.46. The van der Waals surface area contributed by atoms with E-state index in [2.05, 4.69) is 46.9 Å². The predicted octanol–water partition coefficient (Wildman–Crippen LogP) is 4.07. The standard InChI is InChI=1S/C18H23N3/c1-2-6-15(7-3-1)13-21-14-16(12-19-21)20-17-8-4-9-18(17)10-5-11-18/h1-3,6-7,12,14,17,20H,4-5,8-11,13H2. The van der Waals surface area contributed by atoms with E-state index >= 15 is 0 Å². The topological polar surface area (TPSA) is 29.9 Å². The normalized spacial score (nSPS) is 23.1. The maximum atomic E-state index is 4.50. The van der Waals surface area contributed by atoms with Gasteiger partial charge in [-0.05, 0) is 36.7 Å². The van der Waals surface area contributed by atoms with Gasteiger partial charge in [0, 0.05) is 12.2 Å². The van der Waals surface area contributed by atoms with E-state index in [1.165, 1.54) is 49.8 Å². The van der Waals surface area contributed by atoms with Crippen molar-refractivity contribution >= 4 is 5.69 Å². The van der Waals surface area contributed by atoms with Crippen LogP contribution in [0.3, 0.4) is 0 Å². The molecule has 3 nitrogen and oxygen atoms in total. The zero-order valence-corrected chi connectivity index (χ0v) is 12.5. The minimum atomic E-state index is 0.613. The van der Waals surface area contributed by atoms with Crippen LogP contribution in [0.4, 0.5) is 5.69 Å². The van der Waals surface area contributed by atoms with Crippen molar-refractivity contribution in [3.05, 3.63) is 48.3 Å². The summed E-state index contributed by atoms with van der Waals surface area (Å²) in [5.41, 5.74) is 3.09. The van der Waals surface area contributed by atoms with Crippen molar-refractivity contribution in [1.29, 1.82) is 0 Å². The summed E-state index contributed by atoms with van der Waals surface area (Å²) in [6.07, 6.45) is 12.5. The molecule has 1 atom stereocenters. The minimum Gasteiger partial charge on any atom is -0.379 e. The van der Waals surface area contributed by atoms with E-state index in [1.54, 1.807) is 0 Å². The number of aromatic nitrogens is 2. The summed E-state index contributed by atoms with van der Waals surface area (Å²) in [7, 11) is 0. The highest BCUT2D eigenvalue weighted by Crippen LogP contribution is 2.53. The molecule has 0 radical (unpaired) electrons. The summed E-state index contributed by atoms with van der Waals surface area (Å²) in [6.45, 7) is 0.846. The van der Waals surface area contributed by atoms with Crippen LogP contribution in [0.15, 0.2) is 42.7 Å². The number of benzene rings is 1. The second-order valence-electron chi connectivity index (χ2n) is 6.72. The summed E-state index contributed by atoms with van der Waals surface area (Å²) in [4.78, 5) is 0. The molecule has 2 fully saturated rings. The third-order valence-corrected chi connectivity index (χ3v) is 5.42. The Hall–Kier alpha value is -1.77. The SMILES string of the molecule is c1ccc(Cn2cc(NC3CCCC34CCC4)cn2)cc1. The largest absolute Gasteiger partial charge is 0.379 e. The van der Waals surface area contributed by atoms with Gasteiger partial charge in [-0.15, -0.1) is 0 Å². The number of anilines is 1. The summed E-state index contributed by atoms with van der Waals surface area (Å²) >= 11 is 0. The molecule has 2 aromatic rings. The molecular weight excluding hydrogens is 258 g/mol. The van der Waals surface area contributed by atoms with E-state index in [-0.39, 0.29) is 0 Å². The van der Waals surface area contributed by atoms with Crippen LogP contribution >= 0.6 is 0 Å². The summed E-state index contributed by atoms with van der Waals surface area (Å²) < 4.78 is 2.03. The van der Waals surface area contributed by atoms with E-state index in [0.717, 1.165) is 6.54 Å². The Bertz CT molecular complexity index is 598. The Morgan fingerprint density at radius 3 is 2.71 bits per heavy atom. The summed E-state index contributed by atoms with van der Waals surface area (Å²) in [6, 6.07) is 11.2. The van der Waals surface area contributed by atoms with Crippen LogP contribution in [-0.2, 0) is 6.54 Å². The number of hydrogen-bond acceptors (Lipinski definition) is 2. The molecule has 2 saturated carbocycles. The quantitative estimate of drug-likeness (QED) is 0.915.